The van der Waals surface area contributed by atoms with Crippen LogP contribution in [0.2, 0.25) is 0 Å². The second-order valence-electron chi connectivity index (χ2n) is 4.60. The molecule has 0 radical (unpaired) electrons. The predicted molar refractivity (Wildman–Crippen MR) is 64.0 cm³/mol. The van der Waals surface area contributed by atoms with Crippen molar-refractivity contribution in [3.8, 4) is 6.07 Å². The van der Waals surface area contributed by atoms with E-state index in [2.05, 4.69) is 0 Å². The second kappa shape index (κ2) is 5.33. The van der Waals surface area contributed by atoms with Crippen molar-refractivity contribution in [2.75, 3.05) is 6.54 Å². The molecule has 0 aromatic heterocycles. The fourth-order valence-corrected chi connectivity index (χ4v) is 2.30. The molecule has 1 saturated heterocycles. The van der Waals surface area contributed by atoms with Crippen LogP contribution in [0.3, 0.4) is 0 Å². The minimum Gasteiger partial charge on any atom is -0.368 e. The van der Waals surface area contributed by atoms with Crippen LogP contribution in [0.15, 0.2) is 18.2 Å². The minimum absolute atomic E-state index is 0.0366. The van der Waals surface area contributed by atoms with Gasteiger partial charge >= 0.3 is 0 Å². The molecule has 4 nitrogen and oxygen atoms in total. The number of carbonyl (C=O) groups excluding carboxylic acids is 1. The zero-order chi connectivity index (χ0) is 14.0. The van der Waals surface area contributed by atoms with Crippen LogP contribution in [0.5, 0.6) is 0 Å². The molecule has 6 heteroatoms. The van der Waals surface area contributed by atoms with Gasteiger partial charge in [0.2, 0.25) is 5.91 Å². The molecule has 1 aromatic carbocycles. The van der Waals surface area contributed by atoms with Crippen molar-refractivity contribution < 1.29 is 13.6 Å². The maximum absolute atomic E-state index is 13.6. The highest BCUT2D eigenvalue weighted by molar-refractivity contribution is 5.80. The minimum atomic E-state index is -1.14. The first-order valence-corrected chi connectivity index (χ1v) is 5.87. The molecular formula is C13H13F2N3O. The van der Waals surface area contributed by atoms with Crippen LogP contribution >= 0.6 is 0 Å². The van der Waals surface area contributed by atoms with Crippen LogP contribution in [0.1, 0.15) is 17.5 Å². The third-order valence-electron chi connectivity index (χ3n) is 3.23. The standard InChI is InChI=1S/C13H13F2N3O/c14-10-4-12(13(17)19)18(7-10)6-9-3-8(5-16)1-2-11(9)15/h1-3,10,12H,4,6-7H2,(H2,17,19)/t10-,12+/m1/s1. The van der Waals surface area contributed by atoms with Crippen molar-refractivity contribution in [1.82, 2.24) is 4.90 Å². The number of hydrogen-bond donors (Lipinski definition) is 1. The van der Waals surface area contributed by atoms with Gasteiger partial charge in [-0.1, -0.05) is 0 Å². The smallest absolute Gasteiger partial charge is 0.234 e. The Morgan fingerprint density at radius 3 is 2.95 bits per heavy atom. The summed E-state index contributed by atoms with van der Waals surface area (Å²) in [5, 5.41) is 8.78. The van der Waals surface area contributed by atoms with Crippen molar-refractivity contribution in [2.24, 2.45) is 5.73 Å². The van der Waals surface area contributed by atoms with Crippen molar-refractivity contribution in [3.63, 3.8) is 0 Å². The second-order valence-corrected chi connectivity index (χ2v) is 4.60. The van der Waals surface area contributed by atoms with E-state index in [1.54, 1.807) is 0 Å². The van der Waals surface area contributed by atoms with E-state index in [0.29, 0.717) is 5.56 Å². The van der Waals surface area contributed by atoms with Gasteiger partial charge in [-0.25, -0.2) is 8.78 Å². The zero-order valence-corrected chi connectivity index (χ0v) is 10.1. The molecule has 1 fully saturated rings. The lowest BCUT2D eigenvalue weighted by molar-refractivity contribution is -0.122. The Bertz CT molecular complexity index is 541. The van der Waals surface area contributed by atoms with Crippen molar-refractivity contribution in [2.45, 2.75) is 25.2 Å². The summed E-state index contributed by atoms with van der Waals surface area (Å²) in [4.78, 5) is 12.7. The number of alkyl halides is 1. The zero-order valence-electron chi connectivity index (χ0n) is 10.1. The largest absolute Gasteiger partial charge is 0.368 e. The number of primary amides is 1. The molecule has 0 bridgehead atoms. The van der Waals surface area contributed by atoms with Gasteiger partial charge in [-0.15, -0.1) is 0 Å². The topological polar surface area (TPSA) is 70.1 Å². The van der Waals surface area contributed by atoms with Crippen LogP contribution < -0.4 is 5.73 Å². The number of nitriles is 1. The summed E-state index contributed by atoms with van der Waals surface area (Å²) in [6.45, 7) is 0.110. The SMILES string of the molecule is N#Cc1ccc(F)c(CN2C[C@H](F)C[C@H]2C(N)=O)c1. The summed E-state index contributed by atoms with van der Waals surface area (Å²) in [5.74, 6) is -1.10. The van der Waals surface area contributed by atoms with Gasteiger partial charge in [-0.2, -0.15) is 5.26 Å². The van der Waals surface area contributed by atoms with Gasteiger partial charge < -0.3 is 5.73 Å². The molecule has 0 unspecified atom stereocenters. The monoisotopic (exact) mass is 265 g/mol. The number of hydrogen-bond acceptors (Lipinski definition) is 3. The lowest BCUT2D eigenvalue weighted by atomic mass is 10.1. The number of rotatable bonds is 3. The van der Waals surface area contributed by atoms with Crippen LogP contribution in [0, 0.1) is 17.1 Å². The number of amides is 1. The molecule has 1 amide bonds. The molecule has 19 heavy (non-hydrogen) atoms. The summed E-state index contributed by atoms with van der Waals surface area (Å²) < 4.78 is 27.0. The van der Waals surface area contributed by atoms with Crippen LogP contribution in [0.4, 0.5) is 8.78 Å². The van der Waals surface area contributed by atoms with Gasteiger partial charge in [0, 0.05) is 25.1 Å². The Kier molecular flexibility index (Phi) is 3.76. The lowest BCUT2D eigenvalue weighted by Crippen LogP contribution is -2.39. The van der Waals surface area contributed by atoms with Crippen molar-refractivity contribution in [3.05, 3.63) is 35.1 Å². The van der Waals surface area contributed by atoms with Gasteiger partial charge in [0.05, 0.1) is 17.7 Å². The molecule has 2 atom stereocenters. The summed E-state index contributed by atoms with van der Waals surface area (Å²) in [6.07, 6.45) is -1.10. The Morgan fingerprint density at radius 2 is 2.32 bits per heavy atom. The Labute approximate surface area is 109 Å². The normalized spacial score (nSPS) is 23.2. The fourth-order valence-electron chi connectivity index (χ4n) is 2.30. The van der Waals surface area contributed by atoms with Crippen LogP contribution in [-0.4, -0.2) is 29.6 Å². The number of nitrogens with zero attached hydrogens (tertiary/aromatic N) is 2. The molecule has 0 aliphatic carbocycles. The highest BCUT2D eigenvalue weighted by atomic mass is 19.1. The van der Waals surface area contributed by atoms with Gasteiger partial charge in [-0.3, -0.25) is 9.69 Å². The van der Waals surface area contributed by atoms with Crippen molar-refractivity contribution >= 4 is 5.91 Å². The molecule has 1 heterocycles. The van der Waals surface area contributed by atoms with Crippen LogP contribution in [-0.2, 0) is 11.3 Å². The average Bonchev–Trinajstić information content (AvgIpc) is 2.73. The highest BCUT2D eigenvalue weighted by Gasteiger charge is 2.35. The molecular weight excluding hydrogens is 252 g/mol. The molecule has 1 aliphatic heterocycles. The number of benzene rings is 1. The van der Waals surface area contributed by atoms with Gasteiger partial charge in [0.1, 0.15) is 12.0 Å². The van der Waals surface area contributed by atoms with Gasteiger partial charge in [0.25, 0.3) is 0 Å². The van der Waals surface area contributed by atoms with E-state index in [4.69, 9.17) is 11.0 Å². The quantitative estimate of drug-likeness (QED) is 0.889. The van der Waals surface area contributed by atoms with Gasteiger partial charge in [-0.05, 0) is 18.2 Å². The average molecular weight is 265 g/mol. The van der Waals surface area contributed by atoms with E-state index < -0.39 is 23.9 Å². The maximum atomic E-state index is 13.6. The molecule has 1 aliphatic rings. The molecule has 0 spiro atoms. The summed E-state index contributed by atoms with van der Waals surface area (Å²) in [7, 11) is 0. The van der Waals surface area contributed by atoms with E-state index in [1.807, 2.05) is 6.07 Å². The number of likely N-dealkylation sites (tertiary alicyclic amines) is 1. The van der Waals surface area contributed by atoms with Crippen molar-refractivity contribution in [1.29, 1.82) is 5.26 Å². The van der Waals surface area contributed by atoms with E-state index in [9.17, 15) is 13.6 Å². The molecule has 0 saturated carbocycles. The first-order valence-electron chi connectivity index (χ1n) is 5.87. The van der Waals surface area contributed by atoms with E-state index in [0.717, 1.165) is 0 Å². The Balaban J connectivity index is 2.21. The molecule has 100 valence electrons. The summed E-state index contributed by atoms with van der Waals surface area (Å²) in [6, 6.07) is 5.15. The first kappa shape index (κ1) is 13.4. The van der Waals surface area contributed by atoms with E-state index in [1.165, 1.54) is 23.1 Å². The van der Waals surface area contributed by atoms with E-state index in [-0.39, 0.29) is 25.1 Å². The molecule has 2 rings (SSSR count). The molecule has 2 N–H and O–H groups in total. The third kappa shape index (κ3) is 2.88. The summed E-state index contributed by atoms with van der Waals surface area (Å²) >= 11 is 0. The number of nitrogens with two attached hydrogens (primary N) is 1. The van der Waals surface area contributed by atoms with E-state index >= 15 is 0 Å². The number of carbonyl (C=O) groups is 1. The lowest BCUT2D eigenvalue weighted by Gasteiger charge is -2.21. The highest BCUT2D eigenvalue weighted by Crippen LogP contribution is 2.23. The number of halogens is 2. The summed E-state index contributed by atoms with van der Waals surface area (Å²) in [5.41, 5.74) is 5.79. The van der Waals surface area contributed by atoms with Crippen LogP contribution in [0.25, 0.3) is 0 Å². The molecule has 1 aromatic rings. The Morgan fingerprint density at radius 1 is 1.58 bits per heavy atom. The third-order valence-corrected chi connectivity index (χ3v) is 3.23. The fraction of sp³-hybridized carbons (Fsp3) is 0.385. The van der Waals surface area contributed by atoms with Gasteiger partial charge in [0.15, 0.2) is 0 Å². The first-order chi connectivity index (χ1) is 9.01. The maximum Gasteiger partial charge on any atom is 0.234 e. The Hall–Kier alpha value is -2.00. The predicted octanol–water partition coefficient (Wildman–Crippen LogP) is 1.10.